The molecule has 6 aromatic heterocycles. The molecule has 6 heteroatoms. The van der Waals surface area contributed by atoms with Crippen molar-refractivity contribution in [1.82, 2.24) is 15.0 Å². The molecule has 702 valence electrons. The topological polar surface area (TPSA) is 65.0 Å². The third kappa shape index (κ3) is 12.5. The first kappa shape index (κ1) is 86.0. The first-order chi connectivity index (χ1) is 74.0. The molecule has 0 bridgehead atoms. The lowest BCUT2D eigenvalue weighted by Crippen LogP contribution is -2.25. The zero-order valence-corrected chi connectivity index (χ0v) is 83.8. The summed E-state index contributed by atoms with van der Waals surface area (Å²) in [5.74, 6) is 0. The average Bonchev–Trinajstić information content (AvgIpc) is 1.49. The third-order valence-corrected chi connectivity index (χ3v) is 35.2. The number of rotatable bonds is 8. The second kappa shape index (κ2) is 32.8. The number of fused-ring (bicyclic) bond motifs is 40. The van der Waals surface area contributed by atoms with Gasteiger partial charge >= 0.3 is 0 Å². The molecule has 5 nitrogen and oxygen atoms in total. The number of hydrogen-bond donors (Lipinski definition) is 0. The monoisotopic (exact) mass is 1930 g/mol. The van der Waals surface area contributed by atoms with Crippen molar-refractivity contribution in [3.05, 3.63) is 512 Å². The molecule has 0 amide bonds. The van der Waals surface area contributed by atoms with Crippen molar-refractivity contribution in [2.45, 2.75) is 56.8 Å². The number of thiophene rings is 1. The summed E-state index contributed by atoms with van der Waals surface area (Å²) in [5, 5.41) is 25.0. The van der Waals surface area contributed by atoms with Crippen LogP contribution in [0.5, 0.6) is 0 Å². The Kier molecular flexibility index (Phi) is 18.8. The zero-order chi connectivity index (χ0) is 99.1. The minimum atomic E-state index is -0.433. The highest BCUT2D eigenvalue weighted by Gasteiger charge is 2.52. The van der Waals surface area contributed by atoms with Crippen molar-refractivity contribution >= 4 is 173 Å². The maximum atomic E-state index is 6.64. The van der Waals surface area contributed by atoms with Gasteiger partial charge in [-0.3, -0.25) is 0 Å². The molecule has 0 saturated carbocycles. The van der Waals surface area contributed by atoms with Crippen molar-refractivity contribution < 1.29 is 8.83 Å². The fourth-order valence-electron chi connectivity index (χ4n) is 27.1. The van der Waals surface area contributed by atoms with Gasteiger partial charge in [0.1, 0.15) is 22.3 Å². The summed E-state index contributed by atoms with van der Waals surface area (Å²) < 4.78 is 15.7. The molecule has 0 radical (unpaired) electrons. The molecule has 6 heterocycles. The van der Waals surface area contributed by atoms with Crippen molar-refractivity contribution in [2.24, 2.45) is 0 Å². The number of furan rings is 2. The fraction of sp³-hybridized carbons (Fsp3) is 0.0625. The predicted molar refractivity (Wildman–Crippen MR) is 631 cm³/mol. The molecule has 0 fully saturated rings. The van der Waals surface area contributed by atoms with Crippen LogP contribution >= 0.6 is 11.3 Å². The van der Waals surface area contributed by atoms with E-state index in [1.165, 1.54) is 213 Å². The number of aromatic nitrogens is 3. The lowest BCUT2D eigenvalue weighted by atomic mass is 9.70. The van der Waals surface area contributed by atoms with Gasteiger partial charge in [0, 0.05) is 74.6 Å². The Labute approximate surface area is 870 Å². The van der Waals surface area contributed by atoms with Crippen LogP contribution in [-0.2, 0) is 16.2 Å². The van der Waals surface area contributed by atoms with Gasteiger partial charge in [-0.2, -0.15) is 0 Å². The summed E-state index contributed by atoms with van der Waals surface area (Å²) in [4.78, 5) is 16.9. The van der Waals surface area contributed by atoms with Crippen LogP contribution in [0.3, 0.4) is 0 Å². The second-order valence-corrected chi connectivity index (χ2v) is 42.8. The molecule has 0 saturated heterocycles. The molecular weight excluding hydrogens is 1840 g/mol. The van der Waals surface area contributed by atoms with Gasteiger partial charge in [-0.05, 0) is 291 Å². The summed E-state index contributed by atoms with van der Waals surface area (Å²) >= 11 is 1.87. The number of hydrogen-bond acceptors (Lipinski definition) is 6. The summed E-state index contributed by atoms with van der Waals surface area (Å²) in [6.45, 7) is 9.34. The van der Waals surface area contributed by atoms with Gasteiger partial charge in [0.15, 0.2) is 0 Å². The molecule has 33 rings (SSSR count). The third-order valence-electron chi connectivity index (χ3n) is 34.1. The van der Waals surface area contributed by atoms with Crippen LogP contribution in [0.4, 0.5) is 0 Å². The lowest BCUT2D eigenvalue weighted by molar-refractivity contribution is 0.490. The Balaban J connectivity index is 0.000000102. The van der Waals surface area contributed by atoms with E-state index in [1.54, 1.807) is 0 Å². The van der Waals surface area contributed by atoms with Crippen molar-refractivity contribution in [3.63, 3.8) is 0 Å². The second-order valence-electron chi connectivity index (χ2n) is 41.7. The van der Waals surface area contributed by atoms with Gasteiger partial charge in [0.2, 0.25) is 0 Å². The molecule has 0 aliphatic heterocycles. The standard InChI is InChI=1S/C54H31NO.C46H33NS.C44H29NO/c1-3-16-34-32(13-1)15-11-21-36(34)42-31-47(55-53-39(42)28-30-49-52(53)51-35-17-4-2-14-33(35)27-29-48(51)56-49)41-22-12-26-46-50(41)40-20-7-10-25-45(40)54(46)43-23-8-5-18-37(43)38-19-6-9-24-44(38)54;1-3-46(4-2)38-16-10-9-15-34(38)35-21-19-32(26-39(35)46)40-27-37(31-18-17-28-11-5-6-13-30(28)25-31)36-22-24-42-44(45(36)47-40)43-33-14-8-7-12-29(33)20-23-41(43)48-42;1-44(2)36-14-8-7-13-32(36)35-24-30(17-20-37(35)44)38-25-34(29-16-15-26-9-3-4-11-28(26)23-29)33-19-22-40-42(43(33)45-38)41-31-12-6-5-10-27(31)18-21-39(41)46-40/h1-31H;5-27H,3-4H2,1-2H3;3-25H,1-2H3. The quantitative estimate of drug-likeness (QED) is 0.152. The van der Waals surface area contributed by atoms with Gasteiger partial charge in [-0.25, -0.2) is 15.0 Å². The highest BCUT2D eigenvalue weighted by Crippen LogP contribution is 2.65. The van der Waals surface area contributed by atoms with Crippen molar-refractivity contribution in [3.8, 4) is 112 Å². The Hall–Kier alpha value is -18.3. The van der Waals surface area contributed by atoms with E-state index in [-0.39, 0.29) is 10.8 Å². The van der Waals surface area contributed by atoms with Crippen LogP contribution in [0.15, 0.2) is 476 Å². The summed E-state index contributed by atoms with van der Waals surface area (Å²) in [6, 6.07) is 171. The largest absolute Gasteiger partial charge is 0.456 e. The number of pyridine rings is 3. The van der Waals surface area contributed by atoms with Crippen LogP contribution in [0, 0.1) is 0 Å². The summed E-state index contributed by atoms with van der Waals surface area (Å²) in [6.07, 6.45) is 2.14. The maximum Gasteiger partial charge on any atom is 0.137 e. The van der Waals surface area contributed by atoms with E-state index in [4.69, 9.17) is 23.8 Å². The van der Waals surface area contributed by atoms with E-state index < -0.39 is 5.41 Å². The minimum Gasteiger partial charge on any atom is -0.456 e. The van der Waals surface area contributed by atoms with E-state index in [1.807, 2.05) is 11.3 Å². The highest BCUT2D eigenvalue weighted by molar-refractivity contribution is 7.26. The van der Waals surface area contributed by atoms with Gasteiger partial charge in [-0.15, -0.1) is 11.3 Å². The molecule has 29 aromatic rings. The average molecular weight is 1930 g/mol. The van der Waals surface area contributed by atoms with Crippen LogP contribution in [0.2, 0.25) is 0 Å². The van der Waals surface area contributed by atoms with Gasteiger partial charge in [0.05, 0.1) is 49.8 Å². The van der Waals surface area contributed by atoms with E-state index >= 15 is 0 Å². The van der Waals surface area contributed by atoms with Gasteiger partial charge in [0.25, 0.3) is 0 Å². The van der Waals surface area contributed by atoms with E-state index in [2.05, 4.69) is 495 Å². The Morgan fingerprint density at radius 2 is 0.567 bits per heavy atom. The highest BCUT2D eigenvalue weighted by atomic mass is 32.1. The normalized spacial score (nSPS) is 13.5. The van der Waals surface area contributed by atoms with Crippen LogP contribution in [0.1, 0.15) is 85.0 Å². The van der Waals surface area contributed by atoms with E-state index in [9.17, 15) is 0 Å². The molecule has 0 atom stereocenters. The fourth-order valence-corrected chi connectivity index (χ4v) is 28.2. The number of nitrogens with zero attached hydrogens (tertiary/aromatic N) is 3. The Morgan fingerprint density at radius 3 is 1.15 bits per heavy atom. The van der Waals surface area contributed by atoms with Crippen LogP contribution < -0.4 is 0 Å². The molecule has 23 aromatic carbocycles. The van der Waals surface area contributed by atoms with E-state index in [0.29, 0.717) is 0 Å². The van der Waals surface area contributed by atoms with Crippen LogP contribution in [0.25, 0.3) is 273 Å². The van der Waals surface area contributed by atoms with Crippen LogP contribution in [-0.4, -0.2) is 15.0 Å². The molecule has 4 aliphatic carbocycles. The van der Waals surface area contributed by atoms with Crippen molar-refractivity contribution in [2.75, 3.05) is 0 Å². The Morgan fingerprint density at radius 1 is 0.207 bits per heavy atom. The summed E-state index contributed by atoms with van der Waals surface area (Å²) in [7, 11) is 0. The molecule has 1 spiro atoms. The van der Waals surface area contributed by atoms with Crippen molar-refractivity contribution in [1.29, 1.82) is 0 Å². The first-order valence-corrected chi connectivity index (χ1v) is 53.2. The van der Waals surface area contributed by atoms with Gasteiger partial charge < -0.3 is 8.83 Å². The molecule has 4 aliphatic rings. The molecular formula is C144H93N3O2S. The molecule has 0 unspecified atom stereocenters. The summed E-state index contributed by atoms with van der Waals surface area (Å²) in [5.41, 5.74) is 40.9. The van der Waals surface area contributed by atoms with Gasteiger partial charge in [-0.1, -0.05) is 404 Å². The molecule has 0 N–H and O–H groups in total. The molecule has 150 heavy (non-hydrogen) atoms. The predicted octanol–water partition coefficient (Wildman–Crippen LogP) is 39.5. The SMILES string of the molecule is CC1(C)c2ccccc2-c2cc(-c3cc(-c4ccc5ccccc5c4)c4ccc5oc6ccc7ccccc7c6c5c4n3)ccc21.CCC1(CC)c2ccccc2-c2ccc(-c3cc(-c4ccc5ccccc5c4)c4ccc5sc6ccc7ccccc7c6c5c4n3)cc21.c1ccc2c(c1)-c1ccccc1C21c2ccccc2-c2c(-c3cc(-c4cccc5ccccc45)c4ccc5oc6ccc7ccccc7c6c5c4n3)cccc21. The zero-order valence-electron chi connectivity index (χ0n) is 82.9. The number of benzene rings is 23. The van der Waals surface area contributed by atoms with E-state index in [0.717, 1.165) is 118 Å². The Bertz CT molecular complexity index is 10900. The first-order valence-electron chi connectivity index (χ1n) is 52.4. The smallest absolute Gasteiger partial charge is 0.137 e. The lowest BCUT2D eigenvalue weighted by Gasteiger charge is -2.30. The maximum absolute atomic E-state index is 6.64. The minimum absolute atomic E-state index is 0.00963.